The maximum atomic E-state index is 14.0. The molecule has 11 heteroatoms. The first-order chi connectivity index (χ1) is 20.7. The molecule has 8 N–H and O–H groups in total. The van der Waals surface area contributed by atoms with Gasteiger partial charge in [-0.15, -0.1) is 0 Å². The summed E-state index contributed by atoms with van der Waals surface area (Å²) < 4.78 is 5.22. The molecule has 1 fully saturated rings. The van der Waals surface area contributed by atoms with E-state index >= 15 is 0 Å². The largest absolute Gasteiger partial charge is 0.464 e. The summed E-state index contributed by atoms with van der Waals surface area (Å²) in [7, 11) is 0. The van der Waals surface area contributed by atoms with Gasteiger partial charge in [0.25, 0.3) is 0 Å². The molecule has 1 aliphatic rings. The van der Waals surface area contributed by atoms with Gasteiger partial charge in [0, 0.05) is 12.1 Å². The van der Waals surface area contributed by atoms with Gasteiger partial charge in [-0.05, 0) is 68.2 Å². The molecule has 0 heterocycles. The highest BCUT2D eigenvalue weighted by atomic mass is 16.5. The topological polar surface area (TPSA) is 192 Å². The zero-order valence-electron chi connectivity index (χ0n) is 24.8. The standard InChI is InChI=1S/C32H44N6O5/c1-2-43-31(42)26(14-9-19-36-32(34)35)37-30(41)27(23-12-7-4-8-13-23)38-29(40)25(22-10-5-3-6-11-22)20-21-15-17-24(18-16-21)28(33)39/h3,5-6,10-11,15-18,23,25-27H,2,4,7-9,12-14,19-20H2,1H3,(H2,33,39)(H,37,41)(H,38,40)(H4,34,35,36)/t25?,26-,27-/m0/s1. The van der Waals surface area contributed by atoms with Crippen molar-refractivity contribution >= 4 is 29.7 Å². The number of hydrogen-bond acceptors (Lipinski definition) is 6. The fourth-order valence-corrected chi connectivity index (χ4v) is 5.46. The van der Waals surface area contributed by atoms with Gasteiger partial charge >= 0.3 is 5.97 Å². The van der Waals surface area contributed by atoms with Crippen molar-refractivity contribution in [3.8, 4) is 0 Å². The third-order valence-electron chi connectivity index (χ3n) is 7.73. The maximum absolute atomic E-state index is 14.0. The lowest BCUT2D eigenvalue weighted by molar-refractivity contribution is -0.148. The van der Waals surface area contributed by atoms with E-state index in [4.69, 9.17) is 21.9 Å². The smallest absolute Gasteiger partial charge is 0.328 e. The summed E-state index contributed by atoms with van der Waals surface area (Å²) in [6.45, 7) is 2.17. The van der Waals surface area contributed by atoms with Crippen molar-refractivity contribution in [2.45, 2.75) is 76.3 Å². The summed E-state index contributed by atoms with van der Waals surface area (Å²) in [6, 6.07) is 14.5. The normalized spacial score (nSPS) is 15.4. The minimum Gasteiger partial charge on any atom is -0.464 e. The van der Waals surface area contributed by atoms with Crippen LogP contribution in [0.4, 0.5) is 0 Å². The third kappa shape index (κ3) is 10.4. The molecular weight excluding hydrogens is 548 g/mol. The van der Waals surface area contributed by atoms with E-state index in [-0.39, 0.29) is 30.8 Å². The number of nitrogens with one attached hydrogen (secondary N) is 2. The summed E-state index contributed by atoms with van der Waals surface area (Å²) in [6.07, 6.45) is 5.65. The number of rotatable bonds is 15. The van der Waals surface area contributed by atoms with Gasteiger partial charge < -0.3 is 32.6 Å². The molecule has 0 aliphatic heterocycles. The zero-order valence-corrected chi connectivity index (χ0v) is 24.8. The first-order valence-corrected chi connectivity index (χ1v) is 15.0. The molecule has 3 rings (SSSR count). The quantitative estimate of drug-likeness (QED) is 0.0906. The molecule has 0 spiro atoms. The highest BCUT2D eigenvalue weighted by Gasteiger charge is 2.35. The Balaban J connectivity index is 1.84. The fraction of sp³-hybridized carbons (Fsp3) is 0.469. The van der Waals surface area contributed by atoms with Gasteiger partial charge in [0.05, 0.1) is 12.5 Å². The molecule has 11 nitrogen and oxygen atoms in total. The molecule has 232 valence electrons. The van der Waals surface area contributed by atoms with Gasteiger partial charge in [-0.25, -0.2) is 4.79 Å². The second-order valence-corrected chi connectivity index (χ2v) is 10.9. The third-order valence-corrected chi connectivity index (χ3v) is 7.73. The molecule has 43 heavy (non-hydrogen) atoms. The second kappa shape index (κ2) is 16.9. The number of primary amides is 1. The maximum Gasteiger partial charge on any atom is 0.328 e. The molecule has 3 atom stereocenters. The van der Waals surface area contributed by atoms with Crippen LogP contribution in [0.25, 0.3) is 0 Å². The molecule has 0 bridgehead atoms. The number of guanidine groups is 1. The lowest BCUT2D eigenvalue weighted by atomic mass is 9.82. The van der Waals surface area contributed by atoms with Crippen LogP contribution in [0.5, 0.6) is 0 Å². The Morgan fingerprint density at radius 1 is 0.907 bits per heavy atom. The van der Waals surface area contributed by atoms with Gasteiger partial charge in [-0.1, -0.05) is 61.7 Å². The van der Waals surface area contributed by atoms with E-state index in [1.165, 1.54) is 0 Å². The molecule has 2 aromatic rings. The Morgan fingerprint density at radius 2 is 1.58 bits per heavy atom. The van der Waals surface area contributed by atoms with Crippen molar-refractivity contribution in [1.29, 1.82) is 0 Å². The van der Waals surface area contributed by atoms with Crippen LogP contribution in [-0.4, -0.2) is 54.9 Å². The molecule has 1 saturated carbocycles. The van der Waals surface area contributed by atoms with E-state index in [1.807, 2.05) is 30.3 Å². The lowest BCUT2D eigenvalue weighted by Crippen LogP contribution is -2.55. The highest BCUT2D eigenvalue weighted by Crippen LogP contribution is 2.28. The van der Waals surface area contributed by atoms with Gasteiger partial charge in [0.2, 0.25) is 17.7 Å². The number of ether oxygens (including phenoxy) is 1. The summed E-state index contributed by atoms with van der Waals surface area (Å²) >= 11 is 0. The summed E-state index contributed by atoms with van der Waals surface area (Å²) in [5.74, 6) is -2.51. The number of hydrogen-bond donors (Lipinski definition) is 5. The molecular formula is C32H44N6O5. The predicted octanol–water partition coefficient (Wildman–Crippen LogP) is 2.28. The molecule has 0 saturated heterocycles. The Kier molecular flexibility index (Phi) is 13.0. The summed E-state index contributed by atoms with van der Waals surface area (Å²) in [5, 5.41) is 5.92. The average molecular weight is 593 g/mol. The molecule has 1 aliphatic carbocycles. The van der Waals surface area contributed by atoms with E-state index in [1.54, 1.807) is 31.2 Å². The van der Waals surface area contributed by atoms with Crippen molar-refractivity contribution < 1.29 is 23.9 Å². The van der Waals surface area contributed by atoms with E-state index in [0.717, 1.165) is 43.2 Å². The average Bonchev–Trinajstić information content (AvgIpc) is 3.01. The van der Waals surface area contributed by atoms with Crippen molar-refractivity contribution in [2.75, 3.05) is 13.2 Å². The molecule has 2 aromatic carbocycles. The van der Waals surface area contributed by atoms with Gasteiger partial charge in [0.1, 0.15) is 12.1 Å². The SMILES string of the molecule is CCOC(=O)[C@H](CCCN=C(N)N)NC(=O)[C@@H](NC(=O)C(Cc1ccc(C(N)=O)cc1)c1ccccc1)C1CCCCC1. The van der Waals surface area contributed by atoms with E-state index in [0.29, 0.717) is 24.9 Å². The number of benzene rings is 2. The van der Waals surface area contributed by atoms with Gasteiger partial charge in [-0.2, -0.15) is 0 Å². The van der Waals surface area contributed by atoms with Gasteiger partial charge in [0.15, 0.2) is 5.96 Å². The van der Waals surface area contributed by atoms with Gasteiger partial charge in [-0.3, -0.25) is 19.4 Å². The van der Waals surface area contributed by atoms with Crippen LogP contribution < -0.4 is 27.8 Å². The van der Waals surface area contributed by atoms with Crippen molar-refractivity contribution in [3.63, 3.8) is 0 Å². The Bertz CT molecular complexity index is 1240. The summed E-state index contributed by atoms with van der Waals surface area (Å²) in [4.78, 5) is 56.0. The number of amides is 3. The monoisotopic (exact) mass is 592 g/mol. The van der Waals surface area contributed by atoms with Crippen LogP contribution >= 0.6 is 0 Å². The first kappa shape index (κ1) is 33.1. The van der Waals surface area contributed by atoms with Crippen molar-refractivity contribution in [2.24, 2.45) is 28.1 Å². The van der Waals surface area contributed by atoms with Crippen LogP contribution in [0.15, 0.2) is 59.6 Å². The first-order valence-electron chi connectivity index (χ1n) is 15.0. The van der Waals surface area contributed by atoms with Crippen LogP contribution in [0, 0.1) is 5.92 Å². The molecule has 3 amide bonds. The fourth-order valence-electron chi connectivity index (χ4n) is 5.46. The van der Waals surface area contributed by atoms with Crippen molar-refractivity contribution in [3.05, 3.63) is 71.3 Å². The number of carbonyl (C=O) groups excluding carboxylic acids is 4. The minimum atomic E-state index is -0.904. The second-order valence-electron chi connectivity index (χ2n) is 10.9. The number of nitrogens with zero attached hydrogens (tertiary/aromatic N) is 1. The number of aliphatic imine (C=N–C) groups is 1. The van der Waals surface area contributed by atoms with Crippen LogP contribution in [0.3, 0.4) is 0 Å². The Hall–Kier alpha value is -4.41. The molecule has 1 unspecified atom stereocenters. The van der Waals surface area contributed by atoms with Crippen molar-refractivity contribution in [1.82, 2.24) is 10.6 Å². The van der Waals surface area contributed by atoms with E-state index < -0.39 is 35.8 Å². The number of carbonyl (C=O) groups is 4. The molecule has 0 aromatic heterocycles. The summed E-state index contributed by atoms with van der Waals surface area (Å²) in [5.41, 5.74) is 18.2. The van der Waals surface area contributed by atoms with Crippen LogP contribution in [0.1, 0.15) is 79.3 Å². The Labute approximate surface area is 253 Å². The number of esters is 1. The zero-order chi connectivity index (χ0) is 31.2. The Morgan fingerprint density at radius 3 is 2.19 bits per heavy atom. The lowest BCUT2D eigenvalue weighted by Gasteiger charge is -2.32. The highest BCUT2D eigenvalue weighted by molar-refractivity contribution is 5.93. The van der Waals surface area contributed by atoms with Crippen LogP contribution in [-0.2, 0) is 25.5 Å². The number of nitrogens with two attached hydrogens (primary N) is 3. The van der Waals surface area contributed by atoms with E-state index in [2.05, 4.69) is 15.6 Å². The van der Waals surface area contributed by atoms with Crippen LogP contribution in [0.2, 0.25) is 0 Å². The predicted molar refractivity (Wildman–Crippen MR) is 165 cm³/mol. The molecule has 0 radical (unpaired) electrons. The van der Waals surface area contributed by atoms with E-state index in [9.17, 15) is 19.2 Å². The minimum absolute atomic E-state index is 0.0476.